The molecule has 1 N–H and O–H groups in total. The largest absolute Gasteiger partial charge is 0.493 e. The molecule has 3 rings (SSSR count). The number of non-ortho nitro benzene ring substituents is 1. The summed E-state index contributed by atoms with van der Waals surface area (Å²) in [5.41, 5.74) is 1.62. The second-order valence-corrected chi connectivity index (χ2v) is 6.36. The highest BCUT2D eigenvalue weighted by molar-refractivity contribution is 7.71. The summed E-state index contributed by atoms with van der Waals surface area (Å²) in [6.07, 6.45) is 2.35. The number of hydrogen-bond donors (Lipinski definition) is 1. The lowest BCUT2D eigenvalue weighted by molar-refractivity contribution is -0.384. The maximum absolute atomic E-state index is 10.8. The Labute approximate surface area is 171 Å². The van der Waals surface area contributed by atoms with Gasteiger partial charge in [0.25, 0.3) is 5.69 Å². The van der Waals surface area contributed by atoms with E-state index in [9.17, 15) is 10.1 Å². The van der Waals surface area contributed by atoms with Gasteiger partial charge in [0, 0.05) is 18.6 Å². The van der Waals surface area contributed by atoms with E-state index in [0.29, 0.717) is 22.7 Å². The molecule has 29 heavy (non-hydrogen) atoms. The van der Waals surface area contributed by atoms with Crippen LogP contribution >= 0.6 is 12.2 Å². The zero-order valence-corrected chi connectivity index (χ0v) is 16.7. The van der Waals surface area contributed by atoms with E-state index in [-0.39, 0.29) is 12.3 Å². The fourth-order valence-electron chi connectivity index (χ4n) is 2.56. The van der Waals surface area contributed by atoms with Crippen molar-refractivity contribution >= 4 is 24.1 Å². The zero-order chi connectivity index (χ0) is 20.8. The Bertz CT molecular complexity index is 1090. The minimum atomic E-state index is -0.438. The Hall–Kier alpha value is -3.53. The van der Waals surface area contributed by atoms with Crippen molar-refractivity contribution < 1.29 is 14.4 Å². The van der Waals surface area contributed by atoms with Crippen molar-refractivity contribution in [2.45, 2.75) is 20.0 Å². The van der Waals surface area contributed by atoms with Crippen LogP contribution in [0.2, 0.25) is 0 Å². The van der Waals surface area contributed by atoms with Gasteiger partial charge in [-0.15, -0.1) is 0 Å². The molecule has 0 bridgehead atoms. The fraction of sp³-hybridized carbons (Fsp3) is 0.211. The average molecular weight is 413 g/mol. The number of nitro benzene ring substituents is 1. The van der Waals surface area contributed by atoms with E-state index in [0.717, 1.165) is 17.0 Å². The molecule has 0 aliphatic rings. The van der Waals surface area contributed by atoms with E-state index in [1.165, 1.54) is 12.1 Å². The monoisotopic (exact) mass is 413 g/mol. The third-order valence-corrected chi connectivity index (χ3v) is 4.35. The predicted molar refractivity (Wildman–Crippen MR) is 110 cm³/mol. The Morgan fingerprint density at radius 3 is 2.69 bits per heavy atom. The Morgan fingerprint density at radius 1 is 1.28 bits per heavy atom. The SMILES string of the molecule is CCc1n[nH]c(=S)n1/N=C\c1ccc(OC)c(OCc2ccc([N+](=O)[O-])cc2)c1. The number of aryl methyl sites for hydroxylation is 1. The molecule has 10 heteroatoms. The smallest absolute Gasteiger partial charge is 0.269 e. The highest BCUT2D eigenvalue weighted by Crippen LogP contribution is 2.28. The number of nitrogens with one attached hydrogen (secondary N) is 1. The summed E-state index contributed by atoms with van der Waals surface area (Å²) in [6, 6.07) is 11.6. The molecule has 1 heterocycles. The topological polar surface area (TPSA) is 108 Å². The lowest BCUT2D eigenvalue weighted by Crippen LogP contribution is -2.00. The van der Waals surface area contributed by atoms with Crippen molar-refractivity contribution in [3.05, 3.63) is 74.3 Å². The molecule has 0 saturated heterocycles. The molecule has 150 valence electrons. The highest BCUT2D eigenvalue weighted by Gasteiger charge is 2.08. The van der Waals surface area contributed by atoms with E-state index >= 15 is 0 Å². The van der Waals surface area contributed by atoms with Crippen molar-refractivity contribution in [3.8, 4) is 11.5 Å². The number of ether oxygens (including phenoxy) is 2. The van der Waals surface area contributed by atoms with Gasteiger partial charge in [0.05, 0.1) is 18.2 Å². The first kappa shape index (κ1) is 20.2. The fourth-order valence-corrected chi connectivity index (χ4v) is 2.76. The molecular formula is C19H19N5O4S. The molecule has 0 aliphatic carbocycles. The van der Waals surface area contributed by atoms with Crippen molar-refractivity contribution in [2.75, 3.05) is 7.11 Å². The van der Waals surface area contributed by atoms with Crippen LogP contribution in [0.4, 0.5) is 5.69 Å². The summed E-state index contributed by atoms with van der Waals surface area (Å²) in [7, 11) is 1.56. The summed E-state index contributed by atoms with van der Waals surface area (Å²) < 4.78 is 13.2. The molecule has 0 amide bonds. The van der Waals surface area contributed by atoms with E-state index in [1.54, 1.807) is 42.3 Å². The molecule has 1 aromatic heterocycles. The summed E-state index contributed by atoms with van der Waals surface area (Å²) in [5.74, 6) is 1.83. The number of methoxy groups -OCH3 is 1. The summed E-state index contributed by atoms with van der Waals surface area (Å²) in [5, 5.41) is 22.0. The first-order chi connectivity index (χ1) is 14.0. The minimum absolute atomic E-state index is 0.0360. The standard InChI is InChI=1S/C19H19N5O4S/c1-3-18-21-22-19(29)23(18)20-11-14-6-9-16(27-2)17(10-14)28-12-13-4-7-15(8-5-13)24(25)26/h4-11H,3,12H2,1-2H3,(H,22,29)/b20-11-. The van der Waals surface area contributed by atoms with Crippen LogP contribution in [-0.4, -0.2) is 33.1 Å². The van der Waals surface area contributed by atoms with Crippen molar-refractivity contribution in [1.29, 1.82) is 0 Å². The predicted octanol–water partition coefficient (Wildman–Crippen LogP) is 3.88. The Balaban J connectivity index is 1.78. The van der Waals surface area contributed by atoms with Crippen LogP contribution in [0, 0.1) is 14.9 Å². The number of aromatic nitrogens is 3. The minimum Gasteiger partial charge on any atom is -0.493 e. The van der Waals surface area contributed by atoms with Crippen LogP contribution in [-0.2, 0) is 13.0 Å². The molecule has 3 aromatic rings. The highest BCUT2D eigenvalue weighted by atomic mass is 32.1. The molecule has 9 nitrogen and oxygen atoms in total. The molecule has 0 atom stereocenters. The van der Waals surface area contributed by atoms with Crippen molar-refractivity contribution in [3.63, 3.8) is 0 Å². The third kappa shape index (κ3) is 4.85. The van der Waals surface area contributed by atoms with E-state index in [1.807, 2.05) is 13.0 Å². The van der Waals surface area contributed by atoms with Gasteiger partial charge < -0.3 is 9.47 Å². The van der Waals surface area contributed by atoms with Gasteiger partial charge in [-0.2, -0.15) is 14.9 Å². The number of H-pyrrole nitrogens is 1. The number of hydrogen-bond acceptors (Lipinski definition) is 7. The van der Waals surface area contributed by atoms with Gasteiger partial charge >= 0.3 is 0 Å². The maximum Gasteiger partial charge on any atom is 0.269 e. The first-order valence-electron chi connectivity index (χ1n) is 8.76. The van der Waals surface area contributed by atoms with Gasteiger partial charge in [-0.1, -0.05) is 6.92 Å². The van der Waals surface area contributed by atoms with Crippen LogP contribution in [0.15, 0.2) is 47.6 Å². The number of nitro groups is 1. The lowest BCUT2D eigenvalue weighted by Gasteiger charge is -2.11. The Morgan fingerprint density at radius 2 is 2.03 bits per heavy atom. The van der Waals surface area contributed by atoms with Crippen LogP contribution in [0.3, 0.4) is 0 Å². The van der Waals surface area contributed by atoms with Crippen LogP contribution < -0.4 is 9.47 Å². The molecule has 0 radical (unpaired) electrons. The van der Waals surface area contributed by atoms with Crippen molar-refractivity contribution in [1.82, 2.24) is 14.9 Å². The van der Waals surface area contributed by atoms with Gasteiger partial charge in [0.2, 0.25) is 4.77 Å². The molecule has 2 aromatic carbocycles. The second kappa shape index (κ2) is 9.11. The van der Waals surface area contributed by atoms with Gasteiger partial charge in [0.15, 0.2) is 17.3 Å². The average Bonchev–Trinajstić information content (AvgIpc) is 3.10. The van der Waals surface area contributed by atoms with Gasteiger partial charge in [0.1, 0.15) is 6.61 Å². The summed E-state index contributed by atoms with van der Waals surface area (Å²) in [6.45, 7) is 2.20. The van der Waals surface area contributed by atoms with Crippen molar-refractivity contribution in [2.24, 2.45) is 5.10 Å². The zero-order valence-electron chi connectivity index (χ0n) is 15.9. The van der Waals surface area contributed by atoms with E-state index < -0.39 is 4.92 Å². The third-order valence-electron chi connectivity index (χ3n) is 4.09. The Kier molecular flexibility index (Phi) is 6.35. The van der Waals surface area contributed by atoms with E-state index in [4.69, 9.17) is 21.7 Å². The molecule has 0 saturated carbocycles. The number of nitrogens with zero attached hydrogens (tertiary/aromatic N) is 4. The quantitative estimate of drug-likeness (QED) is 0.260. The summed E-state index contributed by atoms with van der Waals surface area (Å²) in [4.78, 5) is 10.3. The van der Waals surface area contributed by atoms with Gasteiger partial charge in [-0.25, -0.2) is 0 Å². The molecule has 0 unspecified atom stereocenters. The molecular weight excluding hydrogens is 394 g/mol. The number of rotatable bonds is 8. The van der Waals surface area contributed by atoms with Crippen LogP contribution in [0.25, 0.3) is 0 Å². The van der Waals surface area contributed by atoms with E-state index in [2.05, 4.69) is 15.3 Å². The molecule has 0 aliphatic heterocycles. The molecule has 0 spiro atoms. The van der Waals surface area contributed by atoms with Gasteiger partial charge in [-0.05, 0) is 53.7 Å². The van der Waals surface area contributed by atoms with Crippen LogP contribution in [0.5, 0.6) is 11.5 Å². The number of aromatic amines is 1. The van der Waals surface area contributed by atoms with Gasteiger partial charge in [-0.3, -0.25) is 15.2 Å². The normalized spacial score (nSPS) is 11.0. The number of benzene rings is 2. The maximum atomic E-state index is 10.8. The van der Waals surface area contributed by atoms with Crippen LogP contribution in [0.1, 0.15) is 23.9 Å². The lowest BCUT2D eigenvalue weighted by atomic mass is 10.2. The molecule has 0 fully saturated rings. The first-order valence-corrected chi connectivity index (χ1v) is 9.17. The second-order valence-electron chi connectivity index (χ2n) is 5.98. The summed E-state index contributed by atoms with van der Waals surface area (Å²) >= 11 is 5.19.